The molecule has 0 aliphatic carbocycles. The molecule has 1 heterocycles. The van der Waals surface area contributed by atoms with Crippen molar-refractivity contribution in [2.24, 2.45) is 5.73 Å². The molecule has 0 aromatic heterocycles. The fourth-order valence-electron chi connectivity index (χ4n) is 2.49. The van der Waals surface area contributed by atoms with Gasteiger partial charge in [-0.05, 0) is 44.2 Å². The number of carbonyl (C=O) groups is 1. The van der Waals surface area contributed by atoms with Crippen molar-refractivity contribution in [1.82, 2.24) is 4.90 Å². The molecule has 1 amide bonds. The number of anilines is 1. The molecule has 2 rings (SSSR count). The maximum Gasteiger partial charge on any atom is 0.241 e. The zero-order chi connectivity index (χ0) is 13.3. The Bertz CT molecular complexity index is 438. The number of rotatable bonds is 2. The molecule has 0 radical (unpaired) electrons. The van der Waals surface area contributed by atoms with E-state index in [-0.39, 0.29) is 11.9 Å². The van der Waals surface area contributed by atoms with Crippen molar-refractivity contribution in [3.8, 4) is 0 Å². The van der Waals surface area contributed by atoms with Crippen molar-refractivity contribution in [2.45, 2.75) is 19.9 Å². The molecule has 1 aromatic carbocycles. The first-order chi connectivity index (χ1) is 8.51. The van der Waals surface area contributed by atoms with Gasteiger partial charge in [-0.25, -0.2) is 0 Å². The predicted molar refractivity (Wildman–Crippen MR) is 73.7 cm³/mol. The van der Waals surface area contributed by atoms with E-state index < -0.39 is 0 Å². The highest BCUT2D eigenvalue weighted by Crippen LogP contribution is 2.22. The van der Waals surface area contributed by atoms with Gasteiger partial charge in [0.2, 0.25) is 5.91 Å². The molecule has 4 heteroatoms. The van der Waals surface area contributed by atoms with E-state index in [9.17, 15) is 4.79 Å². The molecule has 4 nitrogen and oxygen atoms in total. The molecule has 0 spiro atoms. The summed E-state index contributed by atoms with van der Waals surface area (Å²) in [5, 5.41) is 0. The van der Waals surface area contributed by atoms with Gasteiger partial charge in [-0.3, -0.25) is 9.69 Å². The summed E-state index contributed by atoms with van der Waals surface area (Å²) in [4.78, 5) is 16.0. The summed E-state index contributed by atoms with van der Waals surface area (Å²) in [7, 11) is 1.95. The predicted octanol–water partition coefficient (Wildman–Crippen LogP) is 0.909. The molecule has 0 saturated carbocycles. The van der Waals surface area contributed by atoms with E-state index in [1.165, 1.54) is 11.1 Å². The van der Waals surface area contributed by atoms with E-state index in [1.54, 1.807) is 0 Å². The lowest BCUT2D eigenvalue weighted by Crippen LogP contribution is -2.57. The molecule has 1 aromatic rings. The van der Waals surface area contributed by atoms with Crippen LogP contribution < -0.4 is 10.6 Å². The third-order valence-electron chi connectivity index (χ3n) is 3.49. The smallest absolute Gasteiger partial charge is 0.241 e. The van der Waals surface area contributed by atoms with E-state index in [2.05, 4.69) is 32.0 Å². The Labute approximate surface area is 108 Å². The van der Waals surface area contributed by atoms with Gasteiger partial charge in [-0.15, -0.1) is 0 Å². The van der Waals surface area contributed by atoms with Crippen LogP contribution in [0.4, 0.5) is 5.69 Å². The first-order valence-corrected chi connectivity index (χ1v) is 6.30. The summed E-state index contributed by atoms with van der Waals surface area (Å²) in [5.41, 5.74) is 9.11. The van der Waals surface area contributed by atoms with Crippen LogP contribution in [0.5, 0.6) is 0 Å². The van der Waals surface area contributed by atoms with Crippen molar-refractivity contribution in [3.63, 3.8) is 0 Å². The molecule has 1 atom stereocenters. The summed E-state index contributed by atoms with van der Waals surface area (Å²) in [5.74, 6) is 0.146. The summed E-state index contributed by atoms with van der Waals surface area (Å²) in [6.07, 6.45) is 0. The second-order valence-electron chi connectivity index (χ2n) is 5.15. The van der Waals surface area contributed by atoms with Gasteiger partial charge < -0.3 is 10.6 Å². The maximum atomic E-state index is 12.1. The van der Waals surface area contributed by atoms with Crippen molar-refractivity contribution in [1.29, 1.82) is 0 Å². The van der Waals surface area contributed by atoms with Gasteiger partial charge in [0.25, 0.3) is 0 Å². The Morgan fingerprint density at radius 1 is 1.28 bits per heavy atom. The molecule has 1 saturated heterocycles. The molecular formula is C14H21N3O. The van der Waals surface area contributed by atoms with Crippen LogP contribution in [0.1, 0.15) is 11.1 Å². The Morgan fingerprint density at radius 2 is 1.89 bits per heavy atom. The molecule has 1 aliphatic rings. The second kappa shape index (κ2) is 5.08. The largest absolute Gasteiger partial charge is 0.329 e. The third-order valence-corrected chi connectivity index (χ3v) is 3.49. The van der Waals surface area contributed by atoms with Crippen LogP contribution in [0.3, 0.4) is 0 Å². The number of nitrogens with zero attached hydrogens (tertiary/aromatic N) is 2. The summed E-state index contributed by atoms with van der Waals surface area (Å²) < 4.78 is 0. The summed E-state index contributed by atoms with van der Waals surface area (Å²) >= 11 is 0. The Balaban J connectivity index is 2.28. The molecule has 18 heavy (non-hydrogen) atoms. The number of benzene rings is 1. The quantitative estimate of drug-likeness (QED) is 0.845. The van der Waals surface area contributed by atoms with Gasteiger partial charge in [0.05, 0.1) is 6.54 Å². The minimum Gasteiger partial charge on any atom is -0.329 e. The standard InChI is InChI=1S/C14H21N3O/c1-10-4-11(2)6-12(5-10)17-8-13(7-15)16(3)9-14(17)18/h4-6,13H,7-9,15H2,1-3H3. The van der Waals surface area contributed by atoms with Gasteiger partial charge in [0.15, 0.2) is 0 Å². The van der Waals surface area contributed by atoms with Crippen molar-refractivity contribution in [3.05, 3.63) is 29.3 Å². The summed E-state index contributed by atoms with van der Waals surface area (Å²) in [6.45, 7) is 5.80. The first kappa shape index (κ1) is 13.1. The second-order valence-corrected chi connectivity index (χ2v) is 5.15. The van der Waals surface area contributed by atoms with Gasteiger partial charge >= 0.3 is 0 Å². The van der Waals surface area contributed by atoms with Crippen LogP contribution in [0, 0.1) is 13.8 Å². The number of hydrogen-bond acceptors (Lipinski definition) is 3. The number of aryl methyl sites for hydroxylation is 2. The van der Waals surface area contributed by atoms with E-state index in [0.29, 0.717) is 19.6 Å². The lowest BCUT2D eigenvalue weighted by Gasteiger charge is -2.38. The van der Waals surface area contributed by atoms with Gasteiger partial charge in [0.1, 0.15) is 0 Å². The average Bonchev–Trinajstić information content (AvgIpc) is 2.27. The number of hydrogen-bond donors (Lipinski definition) is 1. The van der Waals surface area contributed by atoms with E-state index in [0.717, 1.165) is 5.69 Å². The van der Waals surface area contributed by atoms with Crippen LogP contribution in [0.2, 0.25) is 0 Å². The van der Waals surface area contributed by atoms with Crippen molar-refractivity contribution in [2.75, 3.05) is 31.6 Å². The highest BCUT2D eigenvalue weighted by atomic mass is 16.2. The van der Waals surface area contributed by atoms with Crippen LogP contribution in [0.25, 0.3) is 0 Å². The van der Waals surface area contributed by atoms with Crippen LogP contribution in [-0.4, -0.2) is 43.5 Å². The normalized spacial score (nSPS) is 21.4. The molecule has 1 fully saturated rings. The van der Waals surface area contributed by atoms with Crippen LogP contribution in [-0.2, 0) is 4.79 Å². The molecular weight excluding hydrogens is 226 g/mol. The zero-order valence-electron chi connectivity index (χ0n) is 11.3. The zero-order valence-corrected chi connectivity index (χ0v) is 11.3. The van der Waals surface area contributed by atoms with Gasteiger partial charge in [-0.2, -0.15) is 0 Å². The molecule has 1 aliphatic heterocycles. The number of amides is 1. The average molecular weight is 247 g/mol. The minimum absolute atomic E-state index is 0.146. The Morgan fingerprint density at radius 3 is 2.44 bits per heavy atom. The lowest BCUT2D eigenvalue weighted by molar-refractivity contribution is -0.121. The van der Waals surface area contributed by atoms with Crippen molar-refractivity contribution >= 4 is 11.6 Å². The van der Waals surface area contributed by atoms with Gasteiger partial charge in [-0.1, -0.05) is 6.07 Å². The third kappa shape index (κ3) is 2.54. The summed E-state index contributed by atoms with van der Waals surface area (Å²) in [6, 6.07) is 6.47. The first-order valence-electron chi connectivity index (χ1n) is 6.30. The van der Waals surface area contributed by atoms with E-state index in [1.807, 2.05) is 16.8 Å². The Kier molecular flexibility index (Phi) is 3.68. The number of likely N-dealkylation sites (N-methyl/N-ethyl adjacent to an activating group) is 1. The minimum atomic E-state index is 0.146. The molecule has 1 unspecified atom stereocenters. The van der Waals surface area contributed by atoms with Crippen LogP contribution in [0.15, 0.2) is 18.2 Å². The SMILES string of the molecule is Cc1cc(C)cc(N2CC(CN)N(C)CC2=O)c1. The monoisotopic (exact) mass is 247 g/mol. The molecule has 0 bridgehead atoms. The lowest BCUT2D eigenvalue weighted by atomic mass is 10.1. The van der Waals surface area contributed by atoms with Crippen molar-refractivity contribution < 1.29 is 4.79 Å². The molecule has 98 valence electrons. The van der Waals surface area contributed by atoms with Gasteiger partial charge in [0, 0.05) is 24.8 Å². The van der Waals surface area contributed by atoms with E-state index in [4.69, 9.17) is 5.73 Å². The fourth-order valence-corrected chi connectivity index (χ4v) is 2.49. The highest BCUT2D eigenvalue weighted by molar-refractivity contribution is 5.95. The Hall–Kier alpha value is -1.39. The topological polar surface area (TPSA) is 49.6 Å². The van der Waals surface area contributed by atoms with Crippen LogP contribution >= 0.6 is 0 Å². The highest BCUT2D eigenvalue weighted by Gasteiger charge is 2.29. The number of carbonyl (C=O) groups excluding carboxylic acids is 1. The fraction of sp³-hybridized carbons (Fsp3) is 0.500. The van der Waals surface area contributed by atoms with E-state index >= 15 is 0 Å². The molecule has 2 N–H and O–H groups in total. The number of nitrogens with two attached hydrogens (primary N) is 1. The maximum absolute atomic E-state index is 12.1. The number of piperazine rings is 1.